The van der Waals surface area contributed by atoms with Gasteiger partial charge in [-0.25, -0.2) is 0 Å². The molecule has 0 aliphatic heterocycles. The first-order chi connectivity index (χ1) is 13.8. The molecule has 1 aromatic heterocycles. The highest BCUT2D eigenvalue weighted by Crippen LogP contribution is 2.41. The number of hydrogen-bond acceptors (Lipinski definition) is 5. The summed E-state index contributed by atoms with van der Waals surface area (Å²) in [5.74, 6) is 1.94. The number of carbonyl (C=O) groups excluding carboxylic acids is 1. The topological polar surface area (TPSA) is 83.6 Å². The molecule has 1 aliphatic carbocycles. The van der Waals surface area contributed by atoms with Crippen molar-refractivity contribution in [2.24, 2.45) is 0 Å². The van der Waals surface area contributed by atoms with E-state index in [0.717, 1.165) is 29.5 Å². The minimum Gasteiger partial charge on any atom is -0.325 e. The maximum absolute atomic E-state index is 12.3. The van der Waals surface area contributed by atoms with Crippen LogP contribution in [0.15, 0.2) is 59.8 Å². The Morgan fingerprint density at radius 3 is 2.64 bits per heavy atom. The zero-order valence-corrected chi connectivity index (χ0v) is 16.0. The number of amides is 1. The van der Waals surface area contributed by atoms with Gasteiger partial charge in [-0.05, 0) is 37.1 Å². The van der Waals surface area contributed by atoms with Gasteiger partial charge < -0.3 is 5.32 Å². The highest BCUT2D eigenvalue weighted by Gasteiger charge is 2.31. The molecule has 4 rings (SSSR count). The number of nitriles is 1. The zero-order valence-electron chi connectivity index (χ0n) is 15.2. The molecule has 0 bridgehead atoms. The van der Waals surface area contributed by atoms with E-state index in [4.69, 9.17) is 5.26 Å². The van der Waals surface area contributed by atoms with E-state index in [9.17, 15) is 4.79 Å². The van der Waals surface area contributed by atoms with Gasteiger partial charge in [0.1, 0.15) is 11.9 Å². The number of nitrogens with zero attached hydrogens (tertiary/aromatic N) is 4. The number of carbonyl (C=O) groups is 1. The molecule has 1 amide bonds. The minimum absolute atomic E-state index is 0.122. The van der Waals surface area contributed by atoms with E-state index >= 15 is 0 Å². The molecule has 7 heteroatoms. The fraction of sp³-hybridized carbons (Fsp3) is 0.238. The molecule has 0 spiro atoms. The van der Waals surface area contributed by atoms with E-state index in [-0.39, 0.29) is 5.91 Å². The fourth-order valence-corrected chi connectivity index (χ4v) is 3.83. The van der Waals surface area contributed by atoms with E-state index in [1.165, 1.54) is 11.8 Å². The van der Waals surface area contributed by atoms with Gasteiger partial charge in [-0.15, -0.1) is 10.2 Å². The van der Waals surface area contributed by atoms with Gasteiger partial charge in [-0.2, -0.15) is 5.26 Å². The summed E-state index contributed by atoms with van der Waals surface area (Å²) in [5, 5.41) is 21.5. The lowest BCUT2D eigenvalue weighted by molar-refractivity contribution is -0.115. The third-order valence-electron chi connectivity index (χ3n) is 4.50. The molecule has 6 nitrogen and oxygen atoms in total. The van der Waals surface area contributed by atoms with Gasteiger partial charge in [0.2, 0.25) is 5.91 Å². The smallest absolute Gasteiger partial charge is 0.225 e. The Bertz CT molecular complexity index is 1020. The number of thioether (sulfide) groups is 1. The largest absolute Gasteiger partial charge is 0.325 e. The molecule has 3 aromatic rings. The predicted octanol–water partition coefficient (Wildman–Crippen LogP) is 4.14. The standard InChI is InChI=1S/C21H19N5OS/c22-14-16-6-4-5-9-18(16)23-19(27)12-13-28-21-25-24-20(15-10-11-15)26(21)17-7-2-1-3-8-17/h1-9,15H,10-13H2,(H,23,27). The summed E-state index contributed by atoms with van der Waals surface area (Å²) in [4.78, 5) is 12.3. The Hall–Kier alpha value is -3.11. The highest BCUT2D eigenvalue weighted by atomic mass is 32.2. The van der Waals surface area contributed by atoms with Crippen LogP contribution in [0.2, 0.25) is 0 Å². The fourth-order valence-electron chi connectivity index (χ4n) is 2.94. The molecule has 0 unspecified atom stereocenters. The Kier molecular flexibility index (Phi) is 5.40. The van der Waals surface area contributed by atoms with Crippen molar-refractivity contribution in [1.82, 2.24) is 14.8 Å². The van der Waals surface area contributed by atoms with E-state index in [2.05, 4.69) is 26.2 Å². The van der Waals surface area contributed by atoms with E-state index < -0.39 is 0 Å². The third-order valence-corrected chi connectivity index (χ3v) is 5.43. The second-order valence-corrected chi connectivity index (χ2v) is 7.65. The number of nitrogens with one attached hydrogen (secondary N) is 1. The molecule has 140 valence electrons. The number of rotatable bonds is 7. The molecular weight excluding hydrogens is 370 g/mol. The maximum Gasteiger partial charge on any atom is 0.225 e. The quantitative estimate of drug-likeness (QED) is 0.614. The van der Waals surface area contributed by atoms with Crippen molar-refractivity contribution < 1.29 is 4.79 Å². The number of anilines is 1. The molecular formula is C21H19N5OS. The lowest BCUT2D eigenvalue weighted by atomic mass is 10.2. The van der Waals surface area contributed by atoms with Crippen LogP contribution in [0.25, 0.3) is 5.69 Å². The van der Waals surface area contributed by atoms with Crippen LogP contribution >= 0.6 is 11.8 Å². The number of aromatic nitrogens is 3. The molecule has 1 N–H and O–H groups in total. The van der Waals surface area contributed by atoms with Gasteiger partial charge >= 0.3 is 0 Å². The van der Waals surface area contributed by atoms with Crippen LogP contribution < -0.4 is 5.32 Å². The Morgan fingerprint density at radius 1 is 1.14 bits per heavy atom. The van der Waals surface area contributed by atoms with Crippen molar-refractivity contribution in [2.75, 3.05) is 11.1 Å². The van der Waals surface area contributed by atoms with Crippen LogP contribution in [0, 0.1) is 11.3 Å². The van der Waals surface area contributed by atoms with Crippen LogP contribution in [0.4, 0.5) is 5.69 Å². The first kappa shape index (κ1) is 18.3. The summed E-state index contributed by atoms with van der Waals surface area (Å²) in [6, 6.07) is 19.2. The van der Waals surface area contributed by atoms with Gasteiger partial charge in [-0.1, -0.05) is 42.1 Å². The molecule has 1 fully saturated rings. The molecule has 28 heavy (non-hydrogen) atoms. The molecule has 2 aromatic carbocycles. The van der Waals surface area contributed by atoms with Crippen LogP contribution in [-0.4, -0.2) is 26.4 Å². The summed E-state index contributed by atoms with van der Waals surface area (Å²) < 4.78 is 2.10. The van der Waals surface area contributed by atoms with Crippen molar-refractivity contribution in [3.63, 3.8) is 0 Å². The van der Waals surface area contributed by atoms with E-state index in [1.807, 2.05) is 30.3 Å². The molecule has 0 radical (unpaired) electrons. The lowest BCUT2D eigenvalue weighted by Crippen LogP contribution is -2.13. The summed E-state index contributed by atoms with van der Waals surface area (Å²) in [5.41, 5.74) is 2.05. The molecule has 1 heterocycles. The second-order valence-electron chi connectivity index (χ2n) is 6.59. The van der Waals surface area contributed by atoms with Crippen LogP contribution in [0.5, 0.6) is 0 Å². The van der Waals surface area contributed by atoms with Gasteiger partial charge in [0, 0.05) is 23.8 Å². The summed E-state index contributed by atoms with van der Waals surface area (Å²) >= 11 is 1.52. The maximum atomic E-state index is 12.3. The summed E-state index contributed by atoms with van der Waals surface area (Å²) in [6.45, 7) is 0. The number of para-hydroxylation sites is 2. The monoisotopic (exact) mass is 389 g/mol. The van der Waals surface area contributed by atoms with Gasteiger partial charge in [0.05, 0.1) is 11.3 Å². The highest BCUT2D eigenvalue weighted by molar-refractivity contribution is 7.99. The molecule has 0 saturated heterocycles. The molecule has 0 atom stereocenters. The predicted molar refractivity (Wildman–Crippen MR) is 108 cm³/mol. The van der Waals surface area contributed by atoms with E-state index in [1.54, 1.807) is 24.3 Å². The summed E-state index contributed by atoms with van der Waals surface area (Å²) in [7, 11) is 0. The Balaban J connectivity index is 1.42. The van der Waals surface area contributed by atoms with Gasteiger partial charge in [-0.3, -0.25) is 9.36 Å². The second kappa shape index (κ2) is 8.28. The first-order valence-corrected chi connectivity index (χ1v) is 10.2. The minimum atomic E-state index is -0.122. The number of benzene rings is 2. The van der Waals surface area contributed by atoms with Crippen LogP contribution in [0.1, 0.15) is 36.6 Å². The number of hydrogen-bond donors (Lipinski definition) is 1. The SMILES string of the molecule is N#Cc1ccccc1NC(=O)CCSc1nnc(C2CC2)n1-c1ccccc1. The summed E-state index contributed by atoms with van der Waals surface area (Å²) in [6.07, 6.45) is 2.62. The van der Waals surface area contributed by atoms with Crippen molar-refractivity contribution >= 4 is 23.4 Å². The van der Waals surface area contributed by atoms with Crippen LogP contribution in [0.3, 0.4) is 0 Å². The first-order valence-electron chi connectivity index (χ1n) is 9.19. The van der Waals surface area contributed by atoms with Gasteiger partial charge in [0.25, 0.3) is 0 Å². The van der Waals surface area contributed by atoms with Crippen molar-refractivity contribution in [2.45, 2.75) is 30.3 Å². The molecule has 1 aliphatic rings. The average molecular weight is 389 g/mol. The Labute approximate surface area is 167 Å². The van der Waals surface area contributed by atoms with Crippen molar-refractivity contribution in [1.29, 1.82) is 5.26 Å². The van der Waals surface area contributed by atoms with Crippen molar-refractivity contribution in [3.8, 4) is 11.8 Å². The molecule has 1 saturated carbocycles. The zero-order chi connectivity index (χ0) is 19.3. The van der Waals surface area contributed by atoms with Gasteiger partial charge in [0.15, 0.2) is 5.16 Å². The van der Waals surface area contributed by atoms with E-state index in [0.29, 0.717) is 29.3 Å². The normalized spacial score (nSPS) is 13.1. The Morgan fingerprint density at radius 2 is 1.89 bits per heavy atom. The lowest BCUT2D eigenvalue weighted by Gasteiger charge is -2.10. The van der Waals surface area contributed by atoms with Crippen LogP contribution in [-0.2, 0) is 4.79 Å². The van der Waals surface area contributed by atoms with Crippen molar-refractivity contribution in [3.05, 3.63) is 66.0 Å². The average Bonchev–Trinajstić information content (AvgIpc) is 3.49. The third kappa shape index (κ3) is 4.07.